The molecule has 0 atom stereocenters. The Morgan fingerprint density at radius 3 is 2.57 bits per heavy atom. The minimum Gasteiger partial charge on any atom is -0.464 e. The molecule has 0 aliphatic rings. The summed E-state index contributed by atoms with van der Waals surface area (Å²) in [4.78, 5) is 0. The topological polar surface area (TPSA) is 13.1 Å². The summed E-state index contributed by atoms with van der Waals surface area (Å²) in [6.07, 6.45) is -3.59. The van der Waals surface area contributed by atoms with Crippen molar-refractivity contribution in [3.05, 3.63) is 35.6 Å². The third-order valence-corrected chi connectivity index (χ3v) is 2.04. The third-order valence-electron chi connectivity index (χ3n) is 2.04. The van der Waals surface area contributed by atoms with Crippen LogP contribution in [0.5, 0.6) is 0 Å². The van der Waals surface area contributed by atoms with Crippen molar-refractivity contribution >= 4 is 11.0 Å². The fraction of sp³-hybridized carbons (Fsp3) is 0.200. The molecule has 2 rings (SSSR count). The lowest BCUT2D eigenvalue weighted by atomic mass is 10.1. The molecule has 0 saturated heterocycles. The zero-order valence-corrected chi connectivity index (χ0v) is 7.35. The molecule has 74 valence electrons. The van der Waals surface area contributed by atoms with Crippen molar-refractivity contribution in [1.82, 2.24) is 0 Å². The molecule has 0 unspecified atom stereocenters. The third kappa shape index (κ3) is 1.36. The quantitative estimate of drug-likeness (QED) is 0.631. The molecule has 4 heteroatoms. The molecule has 0 amide bonds. The van der Waals surface area contributed by atoms with Gasteiger partial charge in [-0.05, 0) is 18.6 Å². The number of alkyl halides is 3. The van der Waals surface area contributed by atoms with E-state index in [1.54, 1.807) is 19.1 Å². The molecule has 0 saturated carbocycles. The van der Waals surface area contributed by atoms with Crippen molar-refractivity contribution < 1.29 is 17.6 Å². The Bertz CT molecular complexity index is 468. The molecule has 1 nitrogen and oxygen atoms in total. The molecule has 1 heterocycles. The number of hydrogen-bond acceptors (Lipinski definition) is 1. The van der Waals surface area contributed by atoms with Gasteiger partial charge >= 0.3 is 6.18 Å². The largest absolute Gasteiger partial charge is 0.464 e. The van der Waals surface area contributed by atoms with E-state index in [0.29, 0.717) is 0 Å². The number of rotatable bonds is 0. The summed E-state index contributed by atoms with van der Waals surface area (Å²) >= 11 is 0. The van der Waals surface area contributed by atoms with E-state index in [4.69, 9.17) is 4.42 Å². The van der Waals surface area contributed by atoms with E-state index in [-0.39, 0.29) is 11.0 Å². The zero-order valence-electron chi connectivity index (χ0n) is 7.35. The number of aryl methyl sites for hydroxylation is 1. The predicted molar refractivity (Wildman–Crippen MR) is 46.0 cm³/mol. The standard InChI is InChI=1S/C10H7F3O/c1-6-2-3-7-8(10(11,12)13)5-14-9(7)4-6/h2-5H,1H3. The Morgan fingerprint density at radius 2 is 1.93 bits per heavy atom. The van der Waals surface area contributed by atoms with E-state index in [2.05, 4.69) is 0 Å². The molecule has 0 bridgehead atoms. The number of benzene rings is 1. The highest BCUT2D eigenvalue weighted by molar-refractivity contribution is 5.82. The summed E-state index contributed by atoms with van der Waals surface area (Å²) in [6, 6.07) is 4.65. The number of halogens is 3. The second-order valence-corrected chi connectivity index (χ2v) is 3.15. The van der Waals surface area contributed by atoms with Crippen molar-refractivity contribution in [3.63, 3.8) is 0 Å². The fourth-order valence-electron chi connectivity index (χ4n) is 1.35. The molecule has 0 radical (unpaired) electrons. The Balaban J connectivity index is 2.70. The number of furan rings is 1. The highest BCUT2D eigenvalue weighted by Crippen LogP contribution is 2.36. The van der Waals surface area contributed by atoms with Crippen molar-refractivity contribution in [2.75, 3.05) is 0 Å². The van der Waals surface area contributed by atoms with Crippen LogP contribution < -0.4 is 0 Å². The summed E-state index contributed by atoms with van der Waals surface area (Å²) in [5.41, 5.74) is 0.436. The Kier molecular flexibility index (Phi) is 1.80. The van der Waals surface area contributed by atoms with Crippen LogP contribution in [0, 0.1) is 6.92 Å². The van der Waals surface area contributed by atoms with Gasteiger partial charge in [-0.2, -0.15) is 13.2 Å². The van der Waals surface area contributed by atoms with Crippen LogP contribution in [0.3, 0.4) is 0 Å². The van der Waals surface area contributed by atoms with Gasteiger partial charge in [0.25, 0.3) is 0 Å². The molecule has 14 heavy (non-hydrogen) atoms. The van der Waals surface area contributed by atoms with Crippen molar-refractivity contribution in [3.8, 4) is 0 Å². The van der Waals surface area contributed by atoms with Crippen molar-refractivity contribution in [2.45, 2.75) is 13.1 Å². The summed E-state index contributed by atoms with van der Waals surface area (Å²) in [5, 5.41) is 0.114. The average Bonchev–Trinajstić information content (AvgIpc) is 2.45. The van der Waals surface area contributed by atoms with Crippen LogP contribution in [0.15, 0.2) is 28.9 Å². The van der Waals surface area contributed by atoms with Crippen molar-refractivity contribution in [2.24, 2.45) is 0 Å². The van der Waals surface area contributed by atoms with Crippen LogP contribution in [0.25, 0.3) is 11.0 Å². The minimum atomic E-state index is -4.35. The lowest BCUT2D eigenvalue weighted by Crippen LogP contribution is -2.02. The van der Waals surface area contributed by atoms with E-state index in [9.17, 15) is 13.2 Å². The Labute approximate surface area is 78.1 Å². The van der Waals surface area contributed by atoms with E-state index in [1.807, 2.05) is 0 Å². The van der Waals surface area contributed by atoms with Gasteiger partial charge in [0.1, 0.15) is 17.4 Å². The maximum atomic E-state index is 12.4. The summed E-state index contributed by atoms with van der Waals surface area (Å²) in [7, 11) is 0. The SMILES string of the molecule is Cc1ccc2c(C(F)(F)F)coc2c1. The van der Waals surface area contributed by atoms with Gasteiger partial charge in [-0.3, -0.25) is 0 Å². The van der Waals surface area contributed by atoms with E-state index in [0.717, 1.165) is 11.8 Å². The van der Waals surface area contributed by atoms with Crippen LogP contribution in [0.2, 0.25) is 0 Å². The Hall–Kier alpha value is -1.45. The van der Waals surface area contributed by atoms with Crippen LogP contribution in [0.4, 0.5) is 13.2 Å². The lowest BCUT2D eigenvalue weighted by Gasteiger charge is -2.02. The summed E-state index contributed by atoms with van der Waals surface area (Å²) < 4.78 is 42.0. The molecule has 0 fully saturated rings. The normalized spacial score (nSPS) is 12.3. The van der Waals surface area contributed by atoms with E-state index >= 15 is 0 Å². The minimum absolute atomic E-state index is 0.114. The van der Waals surface area contributed by atoms with Gasteiger partial charge < -0.3 is 4.42 Å². The van der Waals surface area contributed by atoms with Gasteiger partial charge in [0, 0.05) is 5.39 Å². The molecule has 0 aliphatic heterocycles. The lowest BCUT2D eigenvalue weighted by molar-refractivity contribution is -0.136. The molecule has 1 aromatic carbocycles. The van der Waals surface area contributed by atoms with Crippen LogP contribution in [0.1, 0.15) is 11.1 Å². The van der Waals surface area contributed by atoms with Gasteiger partial charge in [0.15, 0.2) is 0 Å². The predicted octanol–water partition coefficient (Wildman–Crippen LogP) is 3.76. The van der Waals surface area contributed by atoms with Crippen LogP contribution in [-0.4, -0.2) is 0 Å². The highest BCUT2D eigenvalue weighted by atomic mass is 19.4. The van der Waals surface area contributed by atoms with Gasteiger partial charge in [-0.1, -0.05) is 12.1 Å². The molecule has 0 N–H and O–H groups in total. The average molecular weight is 200 g/mol. The number of hydrogen-bond donors (Lipinski definition) is 0. The van der Waals surface area contributed by atoms with Crippen LogP contribution >= 0.6 is 0 Å². The van der Waals surface area contributed by atoms with E-state index < -0.39 is 11.7 Å². The maximum Gasteiger partial charge on any atom is 0.420 e. The highest BCUT2D eigenvalue weighted by Gasteiger charge is 2.34. The van der Waals surface area contributed by atoms with Crippen LogP contribution in [-0.2, 0) is 6.18 Å². The van der Waals surface area contributed by atoms with Gasteiger partial charge in [0.2, 0.25) is 0 Å². The Morgan fingerprint density at radius 1 is 1.21 bits per heavy atom. The van der Waals surface area contributed by atoms with Gasteiger partial charge in [0.05, 0.1) is 0 Å². The first-order valence-corrected chi connectivity index (χ1v) is 4.03. The summed E-state index contributed by atoms with van der Waals surface area (Å²) in [6.45, 7) is 1.80. The molecule has 1 aromatic heterocycles. The first-order valence-electron chi connectivity index (χ1n) is 4.03. The maximum absolute atomic E-state index is 12.4. The first-order chi connectivity index (χ1) is 6.48. The second kappa shape index (κ2) is 2.77. The molecular formula is C10H7F3O. The van der Waals surface area contributed by atoms with E-state index in [1.165, 1.54) is 6.07 Å². The molecule has 0 spiro atoms. The first kappa shape index (κ1) is 9.12. The zero-order chi connectivity index (χ0) is 10.3. The fourth-order valence-corrected chi connectivity index (χ4v) is 1.35. The molecule has 0 aliphatic carbocycles. The summed E-state index contributed by atoms with van der Waals surface area (Å²) in [5.74, 6) is 0. The second-order valence-electron chi connectivity index (χ2n) is 3.15. The molecular weight excluding hydrogens is 193 g/mol. The molecule has 2 aromatic rings. The number of fused-ring (bicyclic) bond motifs is 1. The van der Waals surface area contributed by atoms with Gasteiger partial charge in [-0.15, -0.1) is 0 Å². The van der Waals surface area contributed by atoms with Crippen molar-refractivity contribution in [1.29, 1.82) is 0 Å². The van der Waals surface area contributed by atoms with Gasteiger partial charge in [-0.25, -0.2) is 0 Å². The monoisotopic (exact) mass is 200 g/mol. The smallest absolute Gasteiger partial charge is 0.420 e.